The van der Waals surface area contributed by atoms with Crippen molar-refractivity contribution in [3.63, 3.8) is 0 Å². The fraction of sp³-hybridized carbons (Fsp3) is 0.947. The number of carbonyl (C=O) groups is 1. The van der Waals surface area contributed by atoms with Crippen molar-refractivity contribution in [2.75, 3.05) is 26.2 Å². The fourth-order valence-corrected chi connectivity index (χ4v) is 4.07. The maximum Gasteiger partial charge on any atom is 0.315 e. The molecule has 140 valence electrons. The molecule has 1 aliphatic carbocycles. The van der Waals surface area contributed by atoms with E-state index < -0.39 is 6.10 Å². The van der Waals surface area contributed by atoms with Gasteiger partial charge in [0.25, 0.3) is 0 Å². The Balaban J connectivity index is 1.57. The smallest absolute Gasteiger partial charge is 0.315 e. The van der Waals surface area contributed by atoms with E-state index >= 15 is 0 Å². The zero-order valence-electron chi connectivity index (χ0n) is 15.6. The molecule has 1 unspecified atom stereocenters. The first-order valence-corrected chi connectivity index (χ1v) is 9.97. The van der Waals surface area contributed by atoms with Crippen LogP contribution in [0.2, 0.25) is 0 Å². The van der Waals surface area contributed by atoms with Gasteiger partial charge in [0.15, 0.2) is 0 Å². The maximum atomic E-state index is 12.0. The van der Waals surface area contributed by atoms with Gasteiger partial charge < -0.3 is 20.6 Å². The number of piperidine rings is 1. The van der Waals surface area contributed by atoms with Gasteiger partial charge in [0.05, 0.1) is 6.10 Å². The molecule has 0 spiro atoms. The van der Waals surface area contributed by atoms with Crippen LogP contribution in [0.15, 0.2) is 0 Å². The molecular formula is C19H37N3O2. The number of carbonyl (C=O) groups excluding carboxylic acids is 1. The summed E-state index contributed by atoms with van der Waals surface area (Å²) in [5, 5.41) is 15.7. The van der Waals surface area contributed by atoms with Gasteiger partial charge in [-0.05, 0) is 43.9 Å². The summed E-state index contributed by atoms with van der Waals surface area (Å²) >= 11 is 0. The molecule has 0 radical (unpaired) electrons. The van der Waals surface area contributed by atoms with Crippen LogP contribution in [-0.4, -0.2) is 54.4 Å². The van der Waals surface area contributed by atoms with Gasteiger partial charge in [0.1, 0.15) is 0 Å². The number of aliphatic hydroxyl groups excluding tert-OH is 1. The number of amides is 2. The van der Waals surface area contributed by atoms with Crippen LogP contribution in [0.1, 0.15) is 65.2 Å². The minimum absolute atomic E-state index is 0.136. The summed E-state index contributed by atoms with van der Waals surface area (Å²) in [6.45, 7) is 7.93. The second-order valence-corrected chi connectivity index (χ2v) is 8.22. The van der Waals surface area contributed by atoms with Crippen molar-refractivity contribution in [1.82, 2.24) is 15.5 Å². The molecule has 1 saturated heterocycles. The van der Waals surface area contributed by atoms with E-state index in [0.29, 0.717) is 12.5 Å². The normalized spacial score (nSPS) is 22.5. The molecule has 3 N–H and O–H groups in total. The Morgan fingerprint density at radius 3 is 2.42 bits per heavy atom. The van der Waals surface area contributed by atoms with Gasteiger partial charge in [-0.1, -0.05) is 33.1 Å². The minimum atomic E-state index is -0.451. The molecule has 2 fully saturated rings. The largest absolute Gasteiger partial charge is 0.391 e. The summed E-state index contributed by atoms with van der Waals surface area (Å²) in [6, 6.07) is 0.137. The molecule has 1 aliphatic heterocycles. The van der Waals surface area contributed by atoms with Crippen molar-refractivity contribution >= 4 is 6.03 Å². The van der Waals surface area contributed by atoms with Crippen molar-refractivity contribution < 1.29 is 9.90 Å². The quantitative estimate of drug-likeness (QED) is 0.668. The highest BCUT2D eigenvalue weighted by molar-refractivity contribution is 5.74. The third-order valence-electron chi connectivity index (χ3n) is 5.41. The summed E-state index contributed by atoms with van der Waals surface area (Å²) in [5.41, 5.74) is 0. The van der Waals surface area contributed by atoms with E-state index in [9.17, 15) is 9.90 Å². The van der Waals surface area contributed by atoms with Crippen LogP contribution in [0, 0.1) is 11.8 Å². The maximum absolute atomic E-state index is 12.0. The van der Waals surface area contributed by atoms with Crippen LogP contribution < -0.4 is 10.6 Å². The molecule has 5 nitrogen and oxygen atoms in total. The Hall–Kier alpha value is -0.810. The molecule has 1 atom stereocenters. The van der Waals surface area contributed by atoms with Crippen LogP contribution in [-0.2, 0) is 0 Å². The zero-order chi connectivity index (χ0) is 17.4. The van der Waals surface area contributed by atoms with Crippen LogP contribution in [0.25, 0.3) is 0 Å². The number of nitrogens with zero attached hydrogens (tertiary/aromatic N) is 1. The predicted octanol–water partition coefficient (Wildman–Crippen LogP) is 2.74. The minimum Gasteiger partial charge on any atom is -0.391 e. The van der Waals surface area contributed by atoms with Crippen LogP contribution in [0.3, 0.4) is 0 Å². The molecule has 0 bridgehead atoms. The van der Waals surface area contributed by atoms with Gasteiger partial charge in [0.2, 0.25) is 0 Å². The van der Waals surface area contributed by atoms with Crippen LogP contribution >= 0.6 is 0 Å². The van der Waals surface area contributed by atoms with Crippen molar-refractivity contribution in [2.45, 2.75) is 77.4 Å². The Labute approximate surface area is 147 Å². The summed E-state index contributed by atoms with van der Waals surface area (Å²) in [7, 11) is 0. The first-order valence-electron chi connectivity index (χ1n) is 9.97. The molecular weight excluding hydrogens is 302 g/mol. The average molecular weight is 340 g/mol. The number of urea groups is 1. The SMILES string of the molecule is CC(C)CC(O)CNC(=O)NC1CCN(CC2CCCCC2)CC1. The summed E-state index contributed by atoms with van der Waals surface area (Å²) < 4.78 is 0. The van der Waals surface area contributed by atoms with Crippen LogP contribution in [0.5, 0.6) is 0 Å². The Morgan fingerprint density at radius 1 is 1.12 bits per heavy atom. The molecule has 2 aliphatic rings. The Bertz CT molecular complexity index is 362. The van der Waals surface area contributed by atoms with E-state index in [4.69, 9.17) is 0 Å². The number of aliphatic hydroxyl groups is 1. The van der Waals surface area contributed by atoms with E-state index in [1.54, 1.807) is 0 Å². The predicted molar refractivity (Wildman–Crippen MR) is 98.0 cm³/mol. The van der Waals surface area contributed by atoms with Gasteiger partial charge in [0, 0.05) is 32.2 Å². The van der Waals surface area contributed by atoms with E-state index in [1.165, 1.54) is 38.6 Å². The molecule has 0 aromatic rings. The molecule has 2 rings (SSSR count). The summed E-state index contributed by atoms with van der Waals surface area (Å²) in [4.78, 5) is 14.5. The second-order valence-electron chi connectivity index (χ2n) is 8.22. The number of rotatable bonds is 7. The van der Waals surface area contributed by atoms with Crippen molar-refractivity contribution in [2.24, 2.45) is 11.8 Å². The Kier molecular flexibility index (Phi) is 8.33. The first kappa shape index (κ1) is 19.5. The number of nitrogens with one attached hydrogen (secondary N) is 2. The first-order chi connectivity index (χ1) is 11.5. The van der Waals surface area contributed by atoms with Crippen molar-refractivity contribution in [3.8, 4) is 0 Å². The fourth-order valence-electron chi connectivity index (χ4n) is 4.07. The highest BCUT2D eigenvalue weighted by Crippen LogP contribution is 2.25. The molecule has 0 aromatic carbocycles. The lowest BCUT2D eigenvalue weighted by atomic mass is 9.88. The second kappa shape index (κ2) is 10.2. The van der Waals surface area contributed by atoms with Gasteiger partial charge in [-0.15, -0.1) is 0 Å². The summed E-state index contributed by atoms with van der Waals surface area (Å²) in [5.74, 6) is 1.34. The number of hydrogen-bond acceptors (Lipinski definition) is 3. The van der Waals surface area contributed by atoms with Crippen molar-refractivity contribution in [1.29, 1.82) is 0 Å². The number of hydrogen-bond donors (Lipinski definition) is 3. The van der Waals surface area contributed by atoms with E-state index in [2.05, 4.69) is 29.4 Å². The third-order valence-corrected chi connectivity index (χ3v) is 5.41. The van der Waals surface area contributed by atoms with Gasteiger partial charge in [-0.3, -0.25) is 0 Å². The summed E-state index contributed by atoms with van der Waals surface area (Å²) in [6.07, 6.45) is 9.38. The van der Waals surface area contributed by atoms with Crippen LogP contribution in [0.4, 0.5) is 4.79 Å². The lowest BCUT2D eigenvalue weighted by molar-refractivity contribution is 0.142. The molecule has 2 amide bonds. The van der Waals surface area contributed by atoms with E-state index in [0.717, 1.165) is 38.3 Å². The average Bonchev–Trinajstić information content (AvgIpc) is 2.55. The lowest BCUT2D eigenvalue weighted by Gasteiger charge is -2.35. The highest BCUT2D eigenvalue weighted by atomic mass is 16.3. The third kappa shape index (κ3) is 7.39. The van der Waals surface area contributed by atoms with Gasteiger partial charge in [-0.2, -0.15) is 0 Å². The zero-order valence-corrected chi connectivity index (χ0v) is 15.6. The molecule has 0 aromatic heterocycles. The molecule has 24 heavy (non-hydrogen) atoms. The van der Waals surface area contributed by atoms with Gasteiger partial charge >= 0.3 is 6.03 Å². The lowest BCUT2D eigenvalue weighted by Crippen LogP contribution is -2.49. The standard InChI is InChI=1S/C19H37N3O2/c1-15(2)12-18(23)13-20-19(24)21-17-8-10-22(11-9-17)14-16-6-4-3-5-7-16/h15-18,23H,3-14H2,1-2H3,(H2,20,21,24). The van der Waals surface area contributed by atoms with Gasteiger partial charge in [-0.25, -0.2) is 4.79 Å². The highest BCUT2D eigenvalue weighted by Gasteiger charge is 2.23. The Morgan fingerprint density at radius 2 is 1.79 bits per heavy atom. The molecule has 5 heteroatoms. The monoisotopic (exact) mass is 339 g/mol. The number of likely N-dealkylation sites (tertiary alicyclic amines) is 1. The van der Waals surface area contributed by atoms with E-state index in [-0.39, 0.29) is 12.1 Å². The topological polar surface area (TPSA) is 64.6 Å². The van der Waals surface area contributed by atoms with Crippen molar-refractivity contribution in [3.05, 3.63) is 0 Å². The van der Waals surface area contributed by atoms with E-state index in [1.807, 2.05) is 0 Å². The molecule has 1 heterocycles. The molecule has 1 saturated carbocycles.